The molecular formula is C37H41N5O5. The van der Waals surface area contributed by atoms with Crippen molar-refractivity contribution < 1.29 is 24.2 Å². The largest absolute Gasteiger partial charge is 0.480 e. The quantitative estimate of drug-likeness (QED) is 0.211. The zero-order valence-electron chi connectivity index (χ0n) is 27.3. The first-order valence-corrected chi connectivity index (χ1v) is 16.3. The van der Waals surface area contributed by atoms with Crippen LogP contribution in [-0.4, -0.2) is 69.6 Å². The van der Waals surface area contributed by atoms with E-state index >= 15 is 0 Å². The van der Waals surface area contributed by atoms with Crippen molar-refractivity contribution in [1.82, 2.24) is 19.7 Å². The lowest BCUT2D eigenvalue weighted by molar-refractivity contribution is -0.138. The monoisotopic (exact) mass is 635 g/mol. The Morgan fingerprint density at radius 2 is 1.91 bits per heavy atom. The van der Waals surface area contributed by atoms with E-state index in [-0.39, 0.29) is 24.1 Å². The van der Waals surface area contributed by atoms with Gasteiger partial charge in [0.15, 0.2) is 0 Å². The summed E-state index contributed by atoms with van der Waals surface area (Å²) in [5.41, 5.74) is 9.11. The number of hydrogen-bond donors (Lipinski definition) is 2. The molecule has 0 spiro atoms. The van der Waals surface area contributed by atoms with Crippen molar-refractivity contribution >= 4 is 23.3 Å². The number of benzene rings is 2. The number of hydrogen-bond acceptors (Lipinski definition) is 8. The second-order valence-corrected chi connectivity index (χ2v) is 11.8. The predicted molar refractivity (Wildman–Crippen MR) is 181 cm³/mol. The van der Waals surface area contributed by atoms with Gasteiger partial charge in [-0.3, -0.25) is 4.79 Å². The molecule has 1 unspecified atom stereocenters. The molecule has 2 aromatic carbocycles. The fourth-order valence-electron chi connectivity index (χ4n) is 6.65. The maximum Gasteiger partial charge on any atom is 0.345 e. The second kappa shape index (κ2) is 13.8. The first-order valence-electron chi connectivity index (χ1n) is 16.3. The first-order chi connectivity index (χ1) is 22.8. The number of anilines is 1. The lowest BCUT2D eigenvalue weighted by atomic mass is 9.94. The van der Waals surface area contributed by atoms with Gasteiger partial charge in [0, 0.05) is 13.1 Å². The fraction of sp³-hybridized carbons (Fsp3) is 0.351. The van der Waals surface area contributed by atoms with Crippen LogP contribution in [0.3, 0.4) is 0 Å². The minimum absolute atomic E-state index is 0.0801. The Labute approximate surface area is 275 Å². The molecule has 0 bridgehead atoms. The molecule has 2 N–H and O–H groups in total. The number of ether oxygens (including phenoxy) is 2. The number of rotatable bonds is 10. The van der Waals surface area contributed by atoms with Crippen LogP contribution in [0.15, 0.2) is 66.9 Å². The fourth-order valence-corrected chi connectivity index (χ4v) is 6.65. The summed E-state index contributed by atoms with van der Waals surface area (Å²) in [6.45, 7) is 6.73. The number of methoxy groups -OCH3 is 1. The maximum absolute atomic E-state index is 12.5. The molecule has 2 atom stereocenters. The molecule has 6 rings (SSSR count). The molecule has 2 aromatic heterocycles. The van der Waals surface area contributed by atoms with Crippen LogP contribution in [0.5, 0.6) is 5.88 Å². The summed E-state index contributed by atoms with van der Waals surface area (Å²) < 4.78 is 12.4. The number of esters is 1. The van der Waals surface area contributed by atoms with Crippen LogP contribution in [0, 0.1) is 0 Å². The van der Waals surface area contributed by atoms with Crippen molar-refractivity contribution in [2.75, 3.05) is 32.1 Å². The molecule has 1 aliphatic heterocycles. The normalized spacial score (nSPS) is 16.3. The molecule has 0 saturated carbocycles. The number of amides is 1. The minimum atomic E-state index is -0.987. The highest BCUT2D eigenvalue weighted by atomic mass is 16.5. The van der Waals surface area contributed by atoms with Crippen LogP contribution in [0.2, 0.25) is 0 Å². The first kappa shape index (κ1) is 32.0. The van der Waals surface area contributed by atoms with E-state index in [9.17, 15) is 14.7 Å². The van der Waals surface area contributed by atoms with Gasteiger partial charge in [0.1, 0.15) is 17.5 Å². The Balaban J connectivity index is 1.26. The van der Waals surface area contributed by atoms with Crippen molar-refractivity contribution in [3.8, 4) is 22.7 Å². The van der Waals surface area contributed by atoms with E-state index in [0.29, 0.717) is 19.0 Å². The standard InChI is InChI=1S/C37H41N5O5/c1-5-31-28(24-17-19-41(20-18-24)35(44)23(3)43)14-16-33(39-31)40-32-15-13-25-9-8-12-29(34(25)32)26-10-7-11-27(21-26)42-36(46-4)30(22-38-42)37(45)47-6-2/h7-12,14,16-17,21-23,32,43H,5-6,13,15,18-20H2,1-4H3,(H,39,40)/t23-,32?/m0/s1. The second-order valence-electron chi connectivity index (χ2n) is 11.8. The molecule has 244 valence electrons. The van der Waals surface area contributed by atoms with Crippen LogP contribution < -0.4 is 10.1 Å². The average Bonchev–Trinajstić information content (AvgIpc) is 3.72. The molecule has 47 heavy (non-hydrogen) atoms. The van der Waals surface area contributed by atoms with Crippen molar-refractivity contribution in [1.29, 1.82) is 0 Å². The Kier molecular flexibility index (Phi) is 9.40. The number of aryl methyl sites for hydroxylation is 2. The molecule has 3 heterocycles. The van der Waals surface area contributed by atoms with E-state index in [1.165, 1.54) is 36.9 Å². The molecule has 0 radical (unpaired) electrons. The van der Waals surface area contributed by atoms with Crippen molar-refractivity contribution in [3.05, 3.63) is 94.8 Å². The van der Waals surface area contributed by atoms with Crippen molar-refractivity contribution in [2.45, 2.75) is 58.6 Å². The average molecular weight is 636 g/mol. The molecule has 10 heteroatoms. The maximum atomic E-state index is 12.5. The Hall–Kier alpha value is -4.96. The third-order valence-electron chi connectivity index (χ3n) is 8.92. The molecular weight excluding hydrogens is 594 g/mol. The van der Waals surface area contributed by atoms with Gasteiger partial charge in [0.2, 0.25) is 5.88 Å². The Morgan fingerprint density at radius 1 is 1.09 bits per heavy atom. The number of nitrogens with zero attached hydrogens (tertiary/aromatic N) is 4. The highest BCUT2D eigenvalue weighted by molar-refractivity contribution is 5.92. The molecule has 0 saturated heterocycles. The van der Waals surface area contributed by atoms with Crippen LogP contribution in [0.1, 0.15) is 72.4 Å². The van der Waals surface area contributed by atoms with E-state index in [1.54, 1.807) is 16.5 Å². The molecule has 4 aromatic rings. The smallest absolute Gasteiger partial charge is 0.345 e. The summed E-state index contributed by atoms with van der Waals surface area (Å²) in [4.78, 5) is 31.5. The van der Waals surface area contributed by atoms with Gasteiger partial charge in [0.25, 0.3) is 5.91 Å². The third kappa shape index (κ3) is 6.38. The lowest BCUT2D eigenvalue weighted by Crippen LogP contribution is -2.40. The number of fused-ring (bicyclic) bond motifs is 1. The van der Waals surface area contributed by atoms with Crippen molar-refractivity contribution in [2.24, 2.45) is 0 Å². The van der Waals surface area contributed by atoms with Gasteiger partial charge < -0.3 is 24.8 Å². The van der Waals surface area contributed by atoms with Gasteiger partial charge in [-0.1, -0.05) is 43.3 Å². The Bertz CT molecular complexity index is 1830. The number of carbonyl (C=O) groups excluding carboxylic acids is 2. The number of aliphatic hydroxyl groups excluding tert-OH is 1. The van der Waals surface area contributed by atoms with E-state index < -0.39 is 12.1 Å². The van der Waals surface area contributed by atoms with Crippen LogP contribution >= 0.6 is 0 Å². The molecule has 0 fully saturated rings. The van der Waals surface area contributed by atoms with Gasteiger partial charge in [-0.25, -0.2) is 14.5 Å². The predicted octanol–water partition coefficient (Wildman–Crippen LogP) is 5.78. The summed E-state index contributed by atoms with van der Waals surface area (Å²) in [5, 5.41) is 17.9. The van der Waals surface area contributed by atoms with Gasteiger partial charge in [-0.05, 0) is 97.2 Å². The van der Waals surface area contributed by atoms with Crippen molar-refractivity contribution in [3.63, 3.8) is 0 Å². The Morgan fingerprint density at radius 3 is 2.64 bits per heavy atom. The van der Waals surface area contributed by atoms with Crippen LogP contribution in [-0.2, 0) is 22.4 Å². The highest BCUT2D eigenvalue weighted by Gasteiger charge is 2.28. The zero-order valence-corrected chi connectivity index (χ0v) is 27.3. The van der Waals surface area contributed by atoms with Crippen LogP contribution in [0.4, 0.5) is 5.82 Å². The number of aromatic nitrogens is 3. The molecule has 1 amide bonds. The van der Waals surface area contributed by atoms with Gasteiger partial charge in [-0.15, -0.1) is 0 Å². The summed E-state index contributed by atoms with van der Waals surface area (Å²) >= 11 is 0. The summed E-state index contributed by atoms with van der Waals surface area (Å²) in [5.74, 6) is 0.456. The third-order valence-corrected chi connectivity index (χ3v) is 8.92. The van der Waals surface area contributed by atoms with E-state index in [2.05, 4.69) is 65.9 Å². The molecule has 10 nitrogen and oxygen atoms in total. The topological polar surface area (TPSA) is 119 Å². The van der Waals surface area contributed by atoms with E-state index in [1.807, 2.05) is 12.1 Å². The van der Waals surface area contributed by atoms with E-state index in [0.717, 1.165) is 59.6 Å². The summed E-state index contributed by atoms with van der Waals surface area (Å²) in [6, 6.07) is 18.8. The van der Waals surface area contributed by atoms with Gasteiger partial charge in [0.05, 0.1) is 37.3 Å². The summed E-state index contributed by atoms with van der Waals surface area (Å²) in [7, 11) is 1.52. The number of aliphatic hydroxyl groups is 1. The molecule has 1 aliphatic carbocycles. The summed E-state index contributed by atoms with van der Waals surface area (Å²) in [6.07, 6.45) is 6.00. The van der Waals surface area contributed by atoms with Crippen LogP contribution in [0.25, 0.3) is 22.4 Å². The SMILES string of the molecule is CCOC(=O)c1cnn(-c2cccc(-c3cccc4c3C(Nc3ccc(C5=CCN(C(=O)[C@H](C)O)CC5)c(CC)n3)CC4)c2)c1OC. The van der Waals surface area contributed by atoms with E-state index in [4.69, 9.17) is 14.5 Å². The van der Waals surface area contributed by atoms with Gasteiger partial charge >= 0.3 is 5.97 Å². The number of pyridine rings is 1. The minimum Gasteiger partial charge on any atom is -0.480 e. The highest BCUT2D eigenvalue weighted by Crippen LogP contribution is 2.41. The lowest BCUT2D eigenvalue weighted by Gasteiger charge is -2.28. The number of carbonyl (C=O) groups is 2. The van der Waals surface area contributed by atoms with Gasteiger partial charge in [-0.2, -0.15) is 5.10 Å². The molecule has 2 aliphatic rings. The zero-order chi connectivity index (χ0) is 33.1. The number of nitrogens with one attached hydrogen (secondary N) is 1.